The van der Waals surface area contributed by atoms with Crippen molar-refractivity contribution in [1.82, 2.24) is 0 Å². The van der Waals surface area contributed by atoms with E-state index in [4.69, 9.17) is 14.2 Å². The van der Waals surface area contributed by atoms with Crippen molar-refractivity contribution in [3.8, 4) is 0 Å². The molecule has 0 aliphatic carbocycles. The Hall–Kier alpha value is -4.45. The first-order valence-corrected chi connectivity index (χ1v) is 26.7. The molecule has 376 valence electrons. The van der Waals surface area contributed by atoms with Gasteiger partial charge in [0.15, 0.2) is 6.10 Å². The van der Waals surface area contributed by atoms with E-state index in [0.717, 1.165) is 141 Å². The molecule has 0 rings (SSSR count). The number of hydrogen-bond donors (Lipinski definition) is 0. The standard InChI is InChI=1S/C61H96O6/c1-4-7-10-13-16-19-22-25-28-30-33-36-39-42-45-48-51-54-60(63)66-57-58(56-65-59(62)53-50-47-44-41-38-35-32-27-24-21-18-15-12-9-6-3)67-61(64)55-52-49-46-43-40-37-34-31-29-26-23-20-17-14-11-8-5-2/h7,9-10,12,16-21,25-29,32-34,36-37,42,45,58H,4-6,8,11,13-15,22-24,30-31,35,38-41,43-44,46-57H2,1-3H3/b10-7-,12-9-,19-16-,20-17-,21-18-,28-25-,29-26-,32-27-,36-33-,37-34-,45-42-/t58-/m0/s1. The summed E-state index contributed by atoms with van der Waals surface area (Å²) < 4.78 is 16.7. The minimum Gasteiger partial charge on any atom is -0.462 e. The second kappa shape index (κ2) is 54.2. The molecule has 0 fully saturated rings. The summed E-state index contributed by atoms with van der Waals surface area (Å²) in [4.78, 5) is 38.1. The van der Waals surface area contributed by atoms with Gasteiger partial charge in [0.1, 0.15) is 13.2 Å². The van der Waals surface area contributed by atoms with E-state index in [0.29, 0.717) is 12.8 Å². The number of carbonyl (C=O) groups excluding carboxylic acids is 3. The largest absolute Gasteiger partial charge is 0.462 e. The Morgan fingerprint density at radius 3 is 0.970 bits per heavy atom. The second-order valence-electron chi connectivity index (χ2n) is 17.0. The van der Waals surface area contributed by atoms with Crippen LogP contribution in [0.2, 0.25) is 0 Å². The zero-order valence-corrected chi connectivity index (χ0v) is 42.9. The van der Waals surface area contributed by atoms with Crippen LogP contribution in [0.3, 0.4) is 0 Å². The molecular formula is C61H96O6. The van der Waals surface area contributed by atoms with Crippen LogP contribution in [0, 0.1) is 0 Å². The lowest BCUT2D eigenvalue weighted by atomic mass is 10.1. The molecule has 0 aromatic heterocycles. The monoisotopic (exact) mass is 925 g/mol. The maximum Gasteiger partial charge on any atom is 0.306 e. The highest BCUT2D eigenvalue weighted by atomic mass is 16.6. The predicted molar refractivity (Wildman–Crippen MR) is 288 cm³/mol. The molecule has 0 aliphatic rings. The van der Waals surface area contributed by atoms with Gasteiger partial charge in [0, 0.05) is 19.3 Å². The van der Waals surface area contributed by atoms with Gasteiger partial charge < -0.3 is 14.2 Å². The number of carbonyl (C=O) groups is 3. The number of allylic oxidation sites excluding steroid dienone is 22. The molecule has 1 atom stereocenters. The highest BCUT2D eigenvalue weighted by Gasteiger charge is 2.19. The van der Waals surface area contributed by atoms with E-state index in [1.54, 1.807) is 0 Å². The van der Waals surface area contributed by atoms with E-state index < -0.39 is 6.10 Å². The fourth-order valence-electron chi connectivity index (χ4n) is 6.67. The molecule has 6 heteroatoms. The Labute approximate surface area is 411 Å². The van der Waals surface area contributed by atoms with E-state index in [1.165, 1.54) is 25.7 Å². The van der Waals surface area contributed by atoms with Gasteiger partial charge in [-0.2, -0.15) is 0 Å². The molecule has 0 spiro atoms. The van der Waals surface area contributed by atoms with Crippen LogP contribution in [0.15, 0.2) is 134 Å². The van der Waals surface area contributed by atoms with Gasteiger partial charge in [-0.25, -0.2) is 0 Å². The number of rotatable bonds is 46. The van der Waals surface area contributed by atoms with E-state index in [1.807, 2.05) is 0 Å². The van der Waals surface area contributed by atoms with Gasteiger partial charge in [0.05, 0.1) is 0 Å². The molecule has 0 N–H and O–H groups in total. The van der Waals surface area contributed by atoms with Crippen LogP contribution >= 0.6 is 0 Å². The molecule has 0 saturated heterocycles. The van der Waals surface area contributed by atoms with Crippen LogP contribution in [0.25, 0.3) is 0 Å². The van der Waals surface area contributed by atoms with Crippen molar-refractivity contribution < 1.29 is 28.6 Å². The summed E-state index contributed by atoms with van der Waals surface area (Å²) in [6.45, 7) is 6.28. The molecule has 0 unspecified atom stereocenters. The first-order chi connectivity index (χ1) is 33.0. The fraction of sp³-hybridized carbons (Fsp3) is 0.590. The van der Waals surface area contributed by atoms with Crippen molar-refractivity contribution in [3.05, 3.63) is 134 Å². The zero-order valence-electron chi connectivity index (χ0n) is 42.9. The summed E-state index contributed by atoms with van der Waals surface area (Å²) in [5.41, 5.74) is 0. The molecule has 0 amide bonds. The van der Waals surface area contributed by atoms with Crippen molar-refractivity contribution in [3.63, 3.8) is 0 Å². The van der Waals surface area contributed by atoms with Crippen LogP contribution in [0.5, 0.6) is 0 Å². The maximum absolute atomic E-state index is 12.8. The minimum atomic E-state index is -0.825. The van der Waals surface area contributed by atoms with Gasteiger partial charge in [-0.3, -0.25) is 14.4 Å². The molecule has 0 aromatic rings. The number of unbranched alkanes of at least 4 members (excludes halogenated alkanes) is 13. The van der Waals surface area contributed by atoms with E-state index in [2.05, 4.69) is 154 Å². The van der Waals surface area contributed by atoms with Crippen molar-refractivity contribution in [2.45, 2.75) is 219 Å². The van der Waals surface area contributed by atoms with Gasteiger partial charge in [-0.05, 0) is 128 Å². The minimum absolute atomic E-state index is 0.119. The lowest BCUT2D eigenvalue weighted by molar-refractivity contribution is -0.167. The van der Waals surface area contributed by atoms with E-state index in [-0.39, 0.29) is 44.0 Å². The predicted octanol–water partition coefficient (Wildman–Crippen LogP) is 17.9. The fourth-order valence-corrected chi connectivity index (χ4v) is 6.67. The first kappa shape index (κ1) is 62.5. The molecule has 0 radical (unpaired) electrons. The van der Waals surface area contributed by atoms with Crippen molar-refractivity contribution in [1.29, 1.82) is 0 Å². The van der Waals surface area contributed by atoms with Crippen molar-refractivity contribution in [2.75, 3.05) is 13.2 Å². The molecule has 0 saturated carbocycles. The third kappa shape index (κ3) is 52.4. The summed E-state index contributed by atoms with van der Waals surface area (Å²) in [5, 5.41) is 0. The third-order valence-electron chi connectivity index (χ3n) is 10.6. The molecule has 6 nitrogen and oxygen atoms in total. The van der Waals surface area contributed by atoms with Gasteiger partial charge in [0.2, 0.25) is 0 Å². The van der Waals surface area contributed by atoms with Crippen LogP contribution < -0.4 is 0 Å². The number of hydrogen-bond acceptors (Lipinski definition) is 6. The zero-order chi connectivity index (χ0) is 48.6. The van der Waals surface area contributed by atoms with Crippen LogP contribution in [-0.2, 0) is 28.6 Å². The van der Waals surface area contributed by atoms with Crippen LogP contribution in [-0.4, -0.2) is 37.2 Å². The van der Waals surface area contributed by atoms with E-state index in [9.17, 15) is 14.4 Å². The third-order valence-corrected chi connectivity index (χ3v) is 10.6. The summed E-state index contributed by atoms with van der Waals surface area (Å²) in [5.74, 6) is -1.02. The Bertz CT molecular complexity index is 1480. The van der Waals surface area contributed by atoms with Crippen LogP contribution in [0.1, 0.15) is 213 Å². The highest BCUT2D eigenvalue weighted by molar-refractivity contribution is 5.71. The quantitative estimate of drug-likeness (QED) is 0.0262. The molecular weight excluding hydrogens is 829 g/mol. The number of esters is 3. The normalized spacial score (nSPS) is 13.2. The highest BCUT2D eigenvalue weighted by Crippen LogP contribution is 2.12. The Morgan fingerprint density at radius 2 is 0.597 bits per heavy atom. The molecule has 0 bridgehead atoms. The topological polar surface area (TPSA) is 78.9 Å². The Morgan fingerprint density at radius 1 is 0.313 bits per heavy atom. The van der Waals surface area contributed by atoms with Gasteiger partial charge in [-0.15, -0.1) is 0 Å². The smallest absolute Gasteiger partial charge is 0.306 e. The van der Waals surface area contributed by atoms with Gasteiger partial charge in [-0.1, -0.05) is 199 Å². The van der Waals surface area contributed by atoms with Crippen molar-refractivity contribution in [2.24, 2.45) is 0 Å². The lowest BCUT2D eigenvalue weighted by Gasteiger charge is -2.18. The lowest BCUT2D eigenvalue weighted by Crippen LogP contribution is -2.30. The molecule has 0 aromatic carbocycles. The Kier molecular flexibility index (Phi) is 50.6. The van der Waals surface area contributed by atoms with Crippen LogP contribution in [0.4, 0.5) is 0 Å². The summed E-state index contributed by atoms with van der Waals surface area (Å²) in [6, 6.07) is 0. The average Bonchev–Trinajstić information content (AvgIpc) is 3.33. The van der Waals surface area contributed by atoms with Crippen molar-refractivity contribution >= 4 is 17.9 Å². The van der Waals surface area contributed by atoms with Gasteiger partial charge >= 0.3 is 17.9 Å². The Balaban J connectivity index is 4.58. The average molecular weight is 925 g/mol. The van der Waals surface area contributed by atoms with Gasteiger partial charge in [0.25, 0.3) is 0 Å². The summed E-state index contributed by atoms with van der Waals surface area (Å²) in [7, 11) is 0. The SMILES string of the molecule is CC/C=C\C/C=C\C/C=C\C/C=C\C/C=C\CCCC(=O)OC[C@H](COC(=O)CCCCCCC/C=C\C/C=C\C/C=C\CC)OC(=O)CCCCCC/C=C\C/C=C\C/C=C\CCCCC. The second-order valence-corrected chi connectivity index (χ2v) is 17.0. The maximum atomic E-state index is 12.8. The molecule has 67 heavy (non-hydrogen) atoms. The van der Waals surface area contributed by atoms with E-state index >= 15 is 0 Å². The first-order valence-electron chi connectivity index (χ1n) is 26.7. The molecule has 0 heterocycles. The molecule has 0 aliphatic heterocycles. The summed E-state index contributed by atoms with van der Waals surface area (Å²) >= 11 is 0. The summed E-state index contributed by atoms with van der Waals surface area (Å²) in [6.07, 6.45) is 75.8. The number of ether oxygens (including phenoxy) is 3.